The van der Waals surface area contributed by atoms with E-state index in [0.717, 1.165) is 41.9 Å². The van der Waals surface area contributed by atoms with Crippen molar-refractivity contribution in [3.05, 3.63) is 94.4 Å². The van der Waals surface area contributed by atoms with Crippen LogP contribution in [0.1, 0.15) is 42.3 Å². The van der Waals surface area contributed by atoms with Crippen LogP contribution in [-0.4, -0.2) is 29.5 Å². The first-order valence-corrected chi connectivity index (χ1v) is 12.5. The number of halogens is 1. The molecule has 0 saturated carbocycles. The van der Waals surface area contributed by atoms with E-state index >= 15 is 0 Å². The number of nitrogens with zero attached hydrogens (tertiary/aromatic N) is 3. The van der Waals surface area contributed by atoms with Crippen molar-refractivity contribution in [3.63, 3.8) is 0 Å². The molecule has 0 aliphatic heterocycles. The number of fused-ring (bicyclic) bond motifs is 1. The fourth-order valence-corrected chi connectivity index (χ4v) is 4.69. The lowest BCUT2D eigenvalue weighted by Crippen LogP contribution is -2.17. The van der Waals surface area contributed by atoms with Crippen molar-refractivity contribution < 1.29 is 14.3 Å². The Morgan fingerprint density at radius 2 is 1.83 bits per heavy atom. The molecule has 1 unspecified atom stereocenters. The Bertz CT molecular complexity index is 1320. The maximum Gasteiger partial charge on any atom is 0.241 e. The molecule has 0 bridgehead atoms. The average Bonchev–Trinajstić information content (AvgIpc) is 3.25. The molecule has 1 atom stereocenters. The van der Waals surface area contributed by atoms with E-state index < -0.39 is 0 Å². The summed E-state index contributed by atoms with van der Waals surface area (Å²) in [7, 11) is 3.16. The third-order valence-corrected chi connectivity index (χ3v) is 6.73. The highest BCUT2D eigenvalue weighted by atomic mass is 35.5. The highest BCUT2D eigenvalue weighted by Gasteiger charge is 2.17. The molecular weight excluding hydrogens is 474 g/mol. The van der Waals surface area contributed by atoms with Gasteiger partial charge < -0.3 is 13.9 Å². The molecule has 4 aromatic rings. The topological polar surface area (TPSA) is 66.9 Å². The number of pyridine rings is 1. The second kappa shape index (κ2) is 12.0. The minimum absolute atomic E-state index is 0.108. The molecule has 6 nitrogen and oxygen atoms in total. The minimum Gasteiger partial charge on any atom is -0.493 e. The predicted octanol–water partition coefficient (Wildman–Crippen LogP) is 5.89. The Hall–Kier alpha value is -3.51. The van der Waals surface area contributed by atoms with Crippen LogP contribution in [0, 0.1) is 5.92 Å². The Morgan fingerprint density at radius 3 is 2.58 bits per heavy atom. The molecule has 187 valence electrons. The van der Waals surface area contributed by atoms with Crippen molar-refractivity contribution >= 4 is 23.2 Å². The van der Waals surface area contributed by atoms with Gasteiger partial charge in [0.15, 0.2) is 11.5 Å². The number of rotatable bonds is 11. The summed E-state index contributed by atoms with van der Waals surface area (Å²) in [5.41, 5.74) is 4.93. The lowest BCUT2D eigenvalue weighted by molar-refractivity contribution is -0.121. The van der Waals surface area contributed by atoms with Crippen LogP contribution in [0.25, 0.3) is 5.65 Å². The highest BCUT2D eigenvalue weighted by molar-refractivity contribution is 6.33. The van der Waals surface area contributed by atoms with Crippen LogP contribution in [0.2, 0.25) is 5.02 Å². The number of imidazole rings is 1. The van der Waals surface area contributed by atoms with E-state index in [9.17, 15) is 4.79 Å². The summed E-state index contributed by atoms with van der Waals surface area (Å²) < 4.78 is 12.8. The van der Waals surface area contributed by atoms with Crippen LogP contribution in [0.4, 0.5) is 0 Å². The van der Waals surface area contributed by atoms with Crippen LogP contribution in [0.3, 0.4) is 0 Å². The van der Waals surface area contributed by atoms with Gasteiger partial charge in [-0.2, -0.15) is 0 Å². The summed E-state index contributed by atoms with van der Waals surface area (Å²) in [6.07, 6.45) is 4.57. The number of hydrogen-bond donors (Lipinski definition) is 0. The average molecular weight is 505 g/mol. The van der Waals surface area contributed by atoms with Gasteiger partial charge in [0.25, 0.3) is 0 Å². The third-order valence-electron chi connectivity index (χ3n) is 6.32. The standard InChI is InChI=1S/C29H31ClN3O3/c1-20(17-22-13-14-25(35-2)29(36-3)28(22)30)12-15-27(34)31-19-23-24(18-21-9-5-4-6-10-21)33-16-8-7-11-26(33)32-23/h4-11,13-14,16,20H,12,15,17-19H2,1-3H3. The van der Waals surface area contributed by atoms with E-state index in [0.29, 0.717) is 22.9 Å². The second-order valence-corrected chi connectivity index (χ2v) is 9.31. The molecule has 1 amide bonds. The Balaban J connectivity index is 1.36. The first kappa shape index (κ1) is 25.6. The first-order chi connectivity index (χ1) is 17.5. The third kappa shape index (κ3) is 6.00. The number of ether oxygens (including phenoxy) is 2. The van der Waals surface area contributed by atoms with E-state index in [1.165, 1.54) is 5.56 Å². The lowest BCUT2D eigenvalue weighted by Gasteiger charge is -2.16. The maximum absolute atomic E-state index is 12.6. The van der Waals surface area contributed by atoms with Crippen LogP contribution in [0.15, 0.2) is 66.9 Å². The molecule has 0 aliphatic carbocycles. The van der Waals surface area contributed by atoms with Gasteiger partial charge in [0.2, 0.25) is 5.91 Å². The summed E-state index contributed by atoms with van der Waals surface area (Å²) in [5.74, 6) is 1.28. The zero-order valence-corrected chi connectivity index (χ0v) is 21.7. The lowest BCUT2D eigenvalue weighted by atomic mass is 9.96. The fraction of sp³-hybridized carbons (Fsp3) is 0.310. The predicted molar refractivity (Wildman–Crippen MR) is 142 cm³/mol. The van der Waals surface area contributed by atoms with Gasteiger partial charge in [0.05, 0.1) is 37.2 Å². The molecule has 2 aromatic carbocycles. The summed E-state index contributed by atoms with van der Waals surface area (Å²) in [5, 5.41) is 4.91. The van der Waals surface area contributed by atoms with E-state index in [1.54, 1.807) is 14.2 Å². The molecule has 0 fully saturated rings. The van der Waals surface area contributed by atoms with Crippen molar-refractivity contribution in [2.24, 2.45) is 5.92 Å². The van der Waals surface area contributed by atoms with Crippen molar-refractivity contribution in [2.45, 2.75) is 39.2 Å². The normalized spacial score (nSPS) is 11.9. The first-order valence-electron chi connectivity index (χ1n) is 12.1. The highest BCUT2D eigenvalue weighted by Crippen LogP contribution is 2.38. The van der Waals surface area contributed by atoms with Gasteiger partial charge in [-0.25, -0.2) is 10.3 Å². The number of carbonyl (C=O) groups excluding carboxylic acids is 1. The largest absolute Gasteiger partial charge is 0.493 e. The Morgan fingerprint density at radius 1 is 1.06 bits per heavy atom. The molecule has 7 heteroatoms. The van der Waals surface area contributed by atoms with E-state index in [2.05, 4.69) is 28.8 Å². The molecule has 4 rings (SSSR count). The fourth-order valence-electron chi connectivity index (χ4n) is 4.38. The van der Waals surface area contributed by atoms with Crippen molar-refractivity contribution in [1.29, 1.82) is 0 Å². The quantitative estimate of drug-likeness (QED) is 0.255. The van der Waals surface area contributed by atoms with E-state index in [1.807, 2.05) is 54.7 Å². The maximum atomic E-state index is 12.6. The summed E-state index contributed by atoms with van der Waals surface area (Å²) in [6, 6.07) is 20.0. The van der Waals surface area contributed by atoms with Gasteiger partial charge in [0.1, 0.15) is 5.65 Å². The van der Waals surface area contributed by atoms with E-state index in [-0.39, 0.29) is 18.4 Å². The molecular formula is C29H31ClN3O3. The number of benzene rings is 2. The number of hydrogen-bond acceptors (Lipinski definition) is 4. The zero-order chi connectivity index (χ0) is 25.5. The zero-order valence-electron chi connectivity index (χ0n) is 20.9. The van der Waals surface area contributed by atoms with Gasteiger partial charge in [-0.1, -0.05) is 61.0 Å². The van der Waals surface area contributed by atoms with Crippen molar-refractivity contribution in [1.82, 2.24) is 14.7 Å². The summed E-state index contributed by atoms with van der Waals surface area (Å²) >= 11 is 6.52. The van der Waals surface area contributed by atoms with Gasteiger partial charge in [-0.3, -0.25) is 4.79 Å². The number of carbonyl (C=O) groups is 1. The molecule has 1 radical (unpaired) electrons. The monoisotopic (exact) mass is 504 g/mol. The SMILES string of the molecule is COc1ccc(CC(C)CCC(=O)[N]Cc2nc3ccccn3c2Cc2ccccc2)c(Cl)c1OC. The van der Waals surface area contributed by atoms with Crippen LogP contribution < -0.4 is 14.8 Å². The van der Waals surface area contributed by atoms with Crippen LogP contribution >= 0.6 is 11.6 Å². The molecule has 36 heavy (non-hydrogen) atoms. The smallest absolute Gasteiger partial charge is 0.241 e. The van der Waals surface area contributed by atoms with Gasteiger partial charge in [0, 0.05) is 19.0 Å². The van der Waals surface area contributed by atoms with Crippen LogP contribution in [0.5, 0.6) is 11.5 Å². The number of methoxy groups -OCH3 is 2. The molecule has 0 saturated heterocycles. The number of aromatic nitrogens is 2. The summed E-state index contributed by atoms with van der Waals surface area (Å²) in [4.78, 5) is 17.4. The molecule has 0 N–H and O–H groups in total. The number of amides is 1. The van der Waals surface area contributed by atoms with Crippen molar-refractivity contribution in [2.75, 3.05) is 14.2 Å². The second-order valence-electron chi connectivity index (χ2n) is 8.93. The Labute approximate surface area is 217 Å². The molecule has 2 aromatic heterocycles. The van der Waals surface area contributed by atoms with Gasteiger partial charge in [-0.15, -0.1) is 0 Å². The van der Waals surface area contributed by atoms with Gasteiger partial charge >= 0.3 is 0 Å². The minimum atomic E-state index is -0.108. The van der Waals surface area contributed by atoms with Crippen molar-refractivity contribution in [3.8, 4) is 11.5 Å². The molecule has 2 heterocycles. The van der Waals surface area contributed by atoms with Gasteiger partial charge in [-0.05, 0) is 48.1 Å². The van der Waals surface area contributed by atoms with E-state index in [4.69, 9.17) is 26.1 Å². The Kier molecular flexibility index (Phi) is 8.49. The molecule has 0 spiro atoms. The molecule has 0 aliphatic rings. The summed E-state index contributed by atoms with van der Waals surface area (Å²) in [6.45, 7) is 2.39. The van der Waals surface area contributed by atoms with Crippen LogP contribution in [-0.2, 0) is 24.2 Å².